The average molecular weight is 354 g/mol. The first-order chi connectivity index (χ1) is 11.8. The summed E-state index contributed by atoms with van der Waals surface area (Å²) in [5.41, 5.74) is -0.374. The van der Waals surface area contributed by atoms with Gasteiger partial charge in [0.15, 0.2) is 6.29 Å². The van der Waals surface area contributed by atoms with Crippen LogP contribution in [0, 0.1) is 5.41 Å². The second kappa shape index (κ2) is 8.14. The minimum absolute atomic E-state index is 0.228. The van der Waals surface area contributed by atoms with Gasteiger partial charge in [-0.3, -0.25) is 4.79 Å². The van der Waals surface area contributed by atoms with Crippen molar-refractivity contribution in [1.29, 1.82) is 0 Å². The van der Waals surface area contributed by atoms with Crippen LogP contribution in [0.1, 0.15) is 25.7 Å². The number of methoxy groups -OCH3 is 3. The molecule has 4 atom stereocenters. The average Bonchev–Trinajstić information content (AvgIpc) is 2.66. The smallest absolute Gasteiger partial charge is 0.313 e. The Morgan fingerprint density at radius 3 is 2.40 bits per heavy atom. The van der Waals surface area contributed by atoms with Crippen molar-refractivity contribution in [2.45, 2.75) is 38.4 Å². The number of esters is 1. The predicted molar refractivity (Wildman–Crippen MR) is 89.2 cm³/mol. The quantitative estimate of drug-likeness (QED) is 0.778. The Kier molecular flexibility index (Phi) is 6.40. The summed E-state index contributed by atoms with van der Waals surface area (Å²) >= 11 is 0. The van der Waals surface area contributed by atoms with E-state index in [1.165, 1.54) is 14.2 Å². The number of aliphatic hydroxyl groups is 1. The summed E-state index contributed by atoms with van der Waals surface area (Å²) in [5.74, 6) is 0.198. The molecule has 25 heavy (non-hydrogen) atoms. The molecule has 0 amide bonds. The minimum Gasteiger partial charge on any atom is -0.497 e. The highest BCUT2D eigenvalue weighted by atomic mass is 16.7. The summed E-state index contributed by atoms with van der Waals surface area (Å²) < 4.78 is 27.0. The summed E-state index contributed by atoms with van der Waals surface area (Å²) in [7, 11) is 4.39. The van der Waals surface area contributed by atoms with Crippen LogP contribution in [0.3, 0.4) is 0 Å². The van der Waals surface area contributed by atoms with Crippen molar-refractivity contribution in [2.75, 3.05) is 27.9 Å². The van der Waals surface area contributed by atoms with E-state index < -0.39 is 36.0 Å². The molecule has 0 spiro atoms. The second-order valence-corrected chi connectivity index (χ2v) is 6.47. The molecule has 0 unspecified atom stereocenters. The first kappa shape index (κ1) is 19.7. The third-order valence-electron chi connectivity index (χ3n) is 4.51. The minimum atomic E-state index is -1.15. The van der Waals surface area contributed by atoms with E-state index >= 15 is 0 Å². The molecule has 0 bridgehead atoms. The van der Waals surface area contributed by atoms with Gasteiger partial charge in [-0.2, -0.15) is 0 Å². The van der Waals surface area contributed by atoms with Crippen LogP contribution in [0.2, 0.25) is 0 Å². The number of hydrogen-bond acceptors (Lipinski definition) is 7. The lowest BCUT2D eigenvalue weighted by atomic mass is 9.81. The predicted octanol–water partition coefficient (Wildman–Crippen LogP) is 1.68. The van der Waals surface area contributed by atoms with Crippen LogP contribution in [0.15, 0.2) is 24.3 Å². The Bertz CT molecular complexity index is 569. The van der Waals surface area contributed by atoms with Gasteiger partial charge in [0.1, 0.15) is 18.0 Å². The van der Waals surface area contributed by atoms with Crippen molar-refractivity contribution < 1.29 is 33.6 Å². The topological polar surface area (TPSA) is 83.5 Å². The van der Waals surface area contributed by atoms with Gasteiger partial charge in [0.2, 0.25) is 0 Å². The Morgan fingerprint density at radius 2 is 1.88 bits per heavy atom. The molecule has 1 aliphatic rings. The molecule has 0 aromatic heterocycles. The molecule has 1 saturated heterocycles. The van der Waals surface area contributed by atoms with E-state index in [0.29, 0.717) is 0 Å². The molecule has 2 rings (SSSR count). The van der Waals surface area contributed by atoms with Gasteiger partial charge in [-0.15, -0.1) is 0 Å². The zero-order valence-electron chi connectivity index (χ0n) is 15.2. The lowest BCUT2D eigenvalue weighted by molar-refractivity contribution is -0.288. The van der Waals surface area contributed by atoms with Gasteiger partial charge in [0.05, 0.1) is 32.3 Å². The molecule has 1 aromatic rings. The fraction of sp³-hybridized carbons (Fsp3) is 0.611. The van der Waals surface area contributed by atoms with Crippen LogP contribution in [0.4, 0.5) is 0 Å². The third kappa shape index (κ3) is 4.12. The van der Waals surface area contributed by atoms with Crippen molar-refractivity contribution in [3.05, 3.63) is 29.8 Å². The Labute approximate surface area is 147 Å². The zero-order valence-corrected chi connectivity index (χ0v) is 15.2. The van der Waals surface area contributed by atoms with E-state index in [1.54, 1.807) is 33.1 Å². The van der Waals surface area contributed by atoms with Crippen LogP contribution in [-0.4, -0.2) is 57.3 Å². The van der Waals surface area contributed by atoms with Gasteiger partial charge < -0.3 is 28.8 Å². The standard InChI is InChI=1S/C18H26O7/c1-18(2,17(20)23-5)15(19)14-13(22-4)10-24-16(25-14)11-6-8-12(21-3)9-7-11/h6-9,13-16,19H,10H2,1-5H3/t13-,14+,15-,16+/m0/s1. The van der Waals surface area contributed by atoms with Gasteiger partial charge in [-0.25, -0.2) is 0 Å². The zero-order chi connectivity index (χ0) is 18.6. The molecular weight excluding hydrogens is 328 g/mol. The molecular formula is C18H26O7. The lowest BCUT2D eigenvalue weighted by Gasteiger charge is -2.42. The summed E-state index contributed by atoms with van der Waals surface area (Å²) in [4.78, 5) is 12.0. The van der Waals surface area contributed by atoms with Crippen molar-refractivity contribution in [1.82, 2.24) is 0 Å². The largest absolute Gasteiger partial charge is 0.497 e. The Hall–Kier alpha value is -1.67. The van der Waals surface area contributed by atoms with E-state index in [2.05, 4.69) is 0 Å². The monoisotopic (exact) mass is 354 g/mol. The number of rotatable bonds is 6. The maximum Gasteiger partial charge on any atom is 0.313 e. The van der Waals surface area contributed by atoms with E-state index in [9.17, 15) is 9.90 Å². The fourth-order valence-electron chi connectivity index (χ4n) is 2.76. The maximum atomic E-state index is 12.0. The number of carbonyl (C=O) groups is 1. The van der Waals surface area contributed by atoms with E-state index in [0.717, 1.165) is 11.3 Å². The van der Waals surface area contributed by atoms with E-state index in [4.69, 9.17) is 23.7 Å². The van der Waals surface area contributed by atoms with Crippen molar-refractivity contribution >= 4 is 5.97 Å². The van der Waals surface area contributed by atoms with Crippen LogP contribution >= 0.6 is 0 Å². The highest BCUT2D eigenvalue weighted by molar-refractivity contribution is 5.76. The summed E-state index contributed by atoms with van der Waals surface area (Å²) in [5, 5.41) is 10.8. The second-order valence-electron chi connectivity index (χ2n) is 6.47. The number of benzene rings is 1. The van der Waals surface area contributed by atoms with Gasteiger partial charge in [0, 0.05) is 12.7 Å². The number of hydrogen-bond donors (Lipinski definition) is 1. The number of aliphatic hydroxyl groups excluding tert-OH is 1. The maximum absolute atomic E-state index is 12.0. The first-order valence-corrected chi connectivity index (χ1v) is 8.05. The number of ether oxygens (including phenoxy) is 5. The Balaban J connectivity index is 2.20. The molecule has 7 nitrogen and oxygen atoms in total. The molecule has 0 aliphatic carbocycles. The van der Waals surface area contributed by atoms with Gasteiger partial charge >= 0.3 is 5.97 Å². The van der Waals surface area contributed by atoms with Gasteiger partial charge in [0.25, 0.3) is 0 Å². The molecule has 7 heteroatoms. The molecule has 0 radical (unpaired) electrons. The van der Waals surface area contributed by atoms with Crippen LogP contribution in [-0.2, 0) is 23.7 Å². The SMILES string of the molecule is COC(=O)C(C)(C)[C@@H](O)[C@@H]1O[C@H](c2ccc(OC)cc2)OC[C@@H]1OC. The molecule has 0 saturated carbocycles. The highest BCUT2D eigenvalue weighted by Crippen LogP contribution is 2.35. The normalized spacial score (nSPS) is 25.3. The fourth-order valence-corrected chi connectivity index (χ4v) is 2.76. The van der Waals surface area contributed by atoms with Crippen LogP contribution in [0.25, 0.3) is 0 Å². The molecule has 1 heterocycles. The van der Waals surface area contributed by atoms with Gasteiger partial charge in [-0.05, 0) is 26.0 Å². The van der Waals surface area contributed by atoms with Crippen molar-refractivity contribution in [3.63, 3.8) is 0 Å². The highest BCUT2D eigenvalue weighted by Gasteiger charge is 2.47. The third-order valence-corrected chi connectivity index (χ3v) is 4.51. The summed E-state index contributed by atoms with van der Waals surface area (Å²) in [6.07, 6.45) is -3.06. The lowest BCUT2D eigenvalue weighted by Crippen LogP contribution is -2.55. The number of carbonyl (C=O) groups excluding carboxylic acids is 1. The Morgan fingerprint density at radius 1 is 1.24 bits per heavy atom. The molecule has 1 aliphatic heterocycles. The van der Waals surface area contributed by atoms with E-state index in [-0.39, 0.29) is 6.61 Å². The van der Waals surface area contributed by atoms with Gasteiger partial charge in [-0.1, -0.05) is 12.1 Å². The molecule has 1 N–H and O–H groups in total. The molecule has 1 fully saturated rings. The van der Waals surface area contributed by atoms with Crippen molar-refractivity contribution in [3.8, 4) is 5.75 Å². The van der Waals surface area contributed by atoms with E-state index in [1.807, 2.05) is 12.1 Å². The molecule has 140 valence electrons. The van der Waals surface area contributed by atoms with Crippen molar-refractivity contribution in [2.24, 2.45) is 5.41 Å². The summed E-state index contributed by atoms with van der Waals surface area (Å²) in [6.45, 7) is 3.45. The molecule has 1 aromatic carbocycles. The summed E-state index contributed by atoms with van der Waals surface area (Å²) in [6, 6.07) is 7.25. The van der Waals surface area contributed by atoms with Crippen LogP contribution < -0.4 is 4.74 Å². The first-order valence-electron chi connectivity index (χ1n) is 8.05. The van der Waals surface area contributed by atoms with Crippen LogP contribution in [0.5, 0.6) is 5.75 Å².